The second kappa shape index (κ2) is 12.8. The molecule has 2 aliphatic rings. The molecule has 0 N–H and O–H groups in total. The Labute approximate surface area is 273 Å². The first-order chi connectivity index (χ1) is 22.4. The van der Waals surface area contributed by atoms with Crippen molar-refractivity contribution >= 4 is 17.6 Å². The number of pyridine rings is 1. The summed E-state index contributed by atoms with van der Waals surface area (Å²) < 4.78 is 97.5. The van der Waals surface area contributed by atoms with Gasteiger partial charge in [0.2, 0.25) is 0 Å². The topological polar surface area (TPSA) is 78.0 Å². The molecule has 7 nitrogen and oxygen atoms in total. The van der Waals surface area contributed by atoms with Gasteiger partial charge in [0.15, 0.2) is 0 Å². The molecule has 5 rings (SSSR count). The highest BCUT2D eigenvalue weighted by molar-refractivity contribution is 5.87. The molecule has 1 unspecified atom stereocenters. The van der Waals surface area contributed by atoms with Crippen molar-refractivity contribution in [2.24, 2.45) is 5.41 Å². The van der Waals surface area contributed by atoms with E-state index in [4.69, 9.17) is 14.2 Å². The molecule has 1 aromatic heterocycles. The Morgan fingerprint density at radius 3 is 2.19 bits per heavy atom. The lowest BCUT2D eigenvalue weighted by atomic mass is 9.72. The molecule has 1 fully saturated rings. The number of halogens is 6. The van der Waals surface area contributed by atoms with E-state index in [1.165, 1.54) is 19.1 Å². The summed E-state index contributed by atoms with van der Waals surface area (Å²) in [6, 6.07) is 9.24. The fraction of sp³-hybridized carbons (Fsp3) is 0.400. The lowest BCUT2D eigenvalue weighted by Gasteiger charge is -2.36. The van der Waals surface area contributed by atoms with Crippen molar-refractivity contribution in [2.45, 2.75) is 64.5 Å². The van der Waals surface area contributed by atoms with Crippen LogP contribution in [0.4, 0.5) is 31.1 Å². The van der Waals surface area contributed by atoms with Crippen molar-refractivity contribution in [1.29, 1.82) is 0 Å². The number of allylic oxidation sites excluding steroid dienone is 1. The number of benzene rings is 2. The van der Waals surface area contributed by atoms with Crippen molar-refractivity contribution < 1.29 is 50.1 Å². The van der Waals surface area contributed by atoms with Crippen LogP contribution in [0.25, 0.3) is 16.7 Å². The van der Waals surface area contributed by atoms with Crippen LogP contribution in [0.2, 0.25) is 0 Å². The van der Waals surface area contributed by atoms with Crippen LogP contribution < -0.4 is 4.74 Å². The maximum Gasteiger partial charge on any atom is 0.416 e. The molecular weight excluding hydrogens is 642 g/mol. The van der Waals surface area contributed by atoms with Gasteiger partial charge in [0.25, 0.3) is 0 Å². The third-order valence-corrected chi connectivity index (χ3v) is 8.88. The molecule has 1 aliphatic carbocycles. The number of hydrogen-bond donors (Lipinski definition) is 0. The van der Waals surface area contributed by atoms with Gasteiger partial charge in [-0.05, 0) is 90.3 Å². The van der Waals surface area contributed by atoms with E-state index in [2.05, 4.69) is 18.8 Å². The average molecular weight is 677 g/mol. The monoisotopic (exact) mass is 676 g/mol. The zero-order chi connectivity index (χ0) is 35.2. The Morgan fingerprint density at radius 2 is 1.62 bits per heavy atom. The number of amides is 1. The van der Waals surface area contributed by atoms with Crippen molar-refractivity contribution in [3.05, 3.63) is 88.2 Å². The zero-order valence-corrected chi connectivity index (χ0v) is 26.9. The number of alkyl halides is 6. The van der Waals surface area contributed by atoms with E-state index >= 15 is 0 Å². The molecule has 2 atom stereocenters. The predicted molar refractivity (Wildman–Crippen MR) is 164 cm³/mol. The summed E-state index contributed by atoms with van der Waals surface area (Å²) in [6.07, 6.45) is -8.74. The van der Waals surface area contributed by atoms with Crippen LogP contribution in [0.5, 0.6) is 5.75 Å². The van der Waals surface area contributed by atoms with E-state index in [0.717, 1.165) is 34.3 Å². The summed E-state index contributed by atoms with van der Waals surface area (Å²) in [5.74, 6) is 0.00556. The van der Waals surface area contributed by atoms with Crippen LogP contribution in [0.3, 0.4) is 0 Å². The van der Waals surface area contributed by atoms with Crippen molar-refractivity contribution in [2.75, 3.05) is 20.8 Å². The van der Waals surface area contributed by atoms with Crippen LogP contribution in [0.1, 0.15) is 78.9 Å². The number of carbonyl (C=O) groups is 2. The maximum absolute atomic E-state index is 13.6. The number of nitrogens with zero attached hydrogens (tertiary/aromatic N) is 2. The fourth-order valence-electron chi connectivity index (χ4n) is 6.31. The lowest BCUT2D eigenvalue weighted by Crippen LogP contribution is -2.35. The SMILES string of the molecule is COC(=O)c1ccc(-c2ccc(OC)c(C3=C(CN4C(=O)OC(c5cc(C(F)(F)F)cc(C(F)(F)F)c5)[C@@H]4C)CC(C)(C)CC3)c2)cn1. The van der Waals surface area contributed by atoms with Crippen molar-refractivity contribution in [1.82, 2.24) is 9.88 Å². The Morgan fingerprint density at radius 1 is 0.979 bits per heavy atom. The molecule has 1 amide bonds. The van der Waals surface area contributed by atoms with Gasteiger partial charge in [0.1, 0.15) is 17.5 Å². The zero-order valence-electron chi connectivity index (χ0n) is 26.9. The number of methoxy groups -OCH3 is 2. The highest BCUT2D eigenvalue weighted by Gasteiger charge is 2.44. The van der Waals surface area contributed by atoms with E-state index in [9.17, 15) is 35.9 Å². The second-order valence-corrected chi connectivity index (χ2v) is 12.8. The molecule has 256 valence electrons. The third-order valence-electron chi connectivity index (χ3n) is 8.88. The molecule has 0 radical (unpaired) electrons. The number of esters is 1. The smallest absolute Gasteiger partial charge is 0.416 e. The number of aromatic nitrogens is 1. The fourth-order valence-corrected chi connectivity index (χ4v) is 6.31. The van der Waals surface area contributed by atoms with Gasteiger partial charge < -0.3 is 14.2 Å². The van der Waals surface area contributed by atoms with Gasteiger partial charge in [-0.2, -0.15) is 26.3 Å². The number of cyclic esters (lactones) is 1. The minimum Gasteiger partial charge on any atom is -0.496 e. The van der Waals surface area contributed by atoms with Crippen molar-refractivity contribution in [3.8, 4) is 16.9 Å². The number of rotatable bonds is 7. The third kappa shape index (κ3) is 7.14. The summed E-state index contributed by atoms with van der Waals surface area (Å²) in [5, 5.41) is 0. The van der Waals surface area contributed by atoms with E-state index in [0.29, 0.717) is 30.7 Å². The number of hydrogen-bond acceptors (Lipinski definition) is 6. The summed E-state index contributed by atoms with van der Waals surface area (Å²) in [4.78, 5) is 30.6. The number of carbonyl (C=O) groups excluding carboxylic acids is 2. The van der Waals surface area contributed by atoms with Gasteiger partial charge in [-0.1, -0.05) is 26.0 Å². The highest BCUT2D eigenvalue weighted by Crippen LogP contribution is 2.47. The molecule has 1 aliphatic heterocycles. The Balaban J connectivity index is 1.53. The van der Waals surface area contributed by atoms with Crippen molar-refractivity contribution in [3.63, 3.8) is 0 Å². The number of ether oxygens (including phenoxy) is 3. The Hall–Kier alpha value is -4.55. The standard InChI is InChI=1S/C35H34F6N2O5/c1-19-30(22-12-24(34(36,37)38)15-25(13-22)35(39,40)41)48-32(45)43(19)18-23-16-33(2,3)11-10-26(23)27-14-20(7-9-29(27)46-4)21-6-8-28(42-17-21)31(44)47-5/h6-9,12-15,17,19,30H,10-11,16,18H2,1-5H3/t19-,30?/m0/s1. The summed E-state index contributed by atoms with van der Waals surface area (Å²) in [7, 11) is 2.80. The van der Waals surface area contributed by atoms with Gasteiger partial charge in [-0.15, -0.1) is 0 Å². The van der Waals surface area contributed by atoms with Gasteiger partial charge in [-0.3, -0.25) is 4.90 Å². The Bertz CT molecular complexity index is 1720. The predicted octanol–water partition coefficient (Wildman–Crippen LogP) is 9.13. The second-order valence-electron chi connectivity index (χ2n) is 12.8. The molecule has 1 saturated heterocycles. The highest BCUT2D eigenvalue weighted by atomic mass is 19.4. The van der Waals surface area contributed by atoms with Crippen LogP contribution in [-0.2, 0) is 21.8 Å². The van der Waals surface area contributed by atoms with Crippen LogP contribution in [-0.4, -0.2) is 48.8 Å². The molecular formula is C35H34F6N2O5. The van der Waals surface area contributed by atoms with E-state index in [1.54, 1.807) is 31.3 Å². The van der Waals surface area contributed by atoms with Crippen LogP contribution >= 0.6 is 0 Å². The molecule has 0 bridgehead atoms. The minimum absolute atomic E-state index is 0.0448. The largest absolute Gasteiger partial charge is 0.496 e. The van der Waals surface area contributed by atoms with Gasteiger partial charge >= 0.3 is 24.4 Å². The molecule has 0 spiro atoms. The van der Waals surface area contributed by atoms with Crippen LogP contribution in [0.15, 0.2) is 60.3 Å². The van der Waals surface area contributed by atoms with Gasteiger partial charge in [0.05, 0.1) is 31.4 Å². The maximum atomic E-state index is 13.6. The lowest BCUT2D eigenvalue weighted by molar-refractivity contribution is -0.143. The summed E-state index contributed by atoms with van der Waals surface area (Å²) >= 11 is 0. The minimum atomic E-state index is -5.04. The quantitative estimate of drug-likeness (QED) is 0.184. The molecule has 13 heteroatoms. The Kier molecular flexibility index (Phi) is 9.28. The summed E-state index contributed by atoms with van der Waals surface area (Å²) in [6.45, 7) is 5.76. The molecule has 3 aromatic rings. The van der Waals surface area contributed by atoms with Gasteiger partial charge in [-0.25, -0.2) is 14.6 Å². The molecule has 48 heavy (non-hydrogen) atoms. The first kappa shape index (κ1) is 34.8. The van der Waals surface area contributed by atoms with Crippen LogP contribution in [0, 0.1) is 5.41 Å². The first-order valence-electron chi connectivity index (χ1n) is 15.1. The average Bonchev–Trinajstić information content (AvgIpc) is 3.31. The normalized spacial score (nSPS) is 19.7. The van der Waals surface area contributed by atoms with E-state index in [1.807, 2.05) is 12.1 Å². The summed E-state index contributed by atoms with van der Waals surface area (Å²) in [5.41, 5.74) is 0.701. The van der Waals surface area contributed by atoms with Gasteiger partial charge in [0, 0.05) is 23.9 Å². The molecule has 2 heterocycles. The van der Waals surface area contributed by atoms with E-state index in [-0.39, 0.29) is 29.3 Å². The first-order valence-corrected chi connectivity index (χ1v) is 15.1. The molecule has 0 saturated carbocycles. The molecule has 2 aromatic carbocycles. The van der Waals surface area contributed by atoms with E-state index < -0.39 is 47.7 Å².